The van der Waals surface area contributed by atoms with E-state index in [1.165, 1.54) is 0 Å². The standard InChI is InChI=1S/C18H27N3O2/c1-3-7-17(22)21-11-6-10-16(21)18(23)20-15-9-5-8-14(12-15)13-19-4-2/h5,8-9,12,16,19H,3-4,6-7,10-11,13H2,1-2H3,(H,20,23). The summed E-state index contributed by atoms with van der Waals surface area (Å²) in [5.74, 6) is 0.0126. The van der Waals surface area contributed by atoms with Gasteiger partial charge in [-0.25, -0.2) is 0 Å². The van der Waals surface area contributed by atoms with Gasteiger partial charge in [-0.3, -0.25) is 9.59 Å². The zero-order valence-corrected chi connectivity index (χ0v) is 14.1. The second-order valence-electron chi connectivity index (χ2n) is 5.97. The Labute approximate surface area is 138 Å². The number of carbonyl (C=O) groups excluding carboxylic acids is 2. The van der Waals surface area contributed by atoms with Gasteiger partial charge in [0.15, 0.2) is 0 Å². The van der Waals surface area contributed by atoms with Crippen LogP contribution in [0.2, 0.25) is 0 Å². The maximum Gasteiger partial charge on any atom is 0.247 e. The van der Waals surface area contributed by atoms with Crippen molar-refractivity contribution in [1.82, 2.24) is 10.2 Å². The van der Waals surface area contributed by atoms with Crippen molar-refractivity contribution < 1.29 is 9.59 Å². The molecule has 0 radical (unpaired) electrons. The van der Waals surface area contributed by atoms with Gasteiger partial charge in [-0.15, -0.1) is 0 Å². The number of amides is 2. The molecule has 1 aromatic carbocycles. The molecule has 1 fully saturated rings. The summed E-state index contributed by atoms with van der Waals surface area (Å²) in [6.45, 7) is 6.43. The Morgan fingerprint density at radius 2 is 2.13 bits per heavy atom. The van der Waals surface area contributed by atoms with E-state index in [2.05, 4.69) is 17.6 Å². The summed E-state index contributed by atoms with van der Waals surface area (Å²) < 4.78 is 0. The van der Waals surface area contributed by atoms with E-state index in [1.807, 2.05) is 31.2 Å². The van der Waals surface area contributed by atoms with E-state index in [1.54, 1.807) is 4.90 Å². The van der Waals surface area contributed by atoms with Gasteiger partial charge in [0.25, 0.3) is 0 Å². The van der Waals surface area contributed by atoms with Crippen LogP contribution in [0.3, 0.4) is 0 Å². The van der Waals surface area contributed by atoms with E-state index in [-0.39, 0.29) is 17.9 Å². The molecule has 2 rings (SSSR count). The third-order valence-corrected chi connectivity index (χ3v) is 4.11. The second kappa shape index (κ2) is 8.67. The van der Waals surface area contributed by atoms with Crippen LogP contribution in [-0.4, -0.2) is 35.8 Å². The Morgan fingerprint density at radius 1 is 1.30 bits per heavy atom. The van der Waals surface area contributed by atoms with Crippen LogP contribution in [0.25, 0.3) is 0 Å². The normalized spacial score (nSPS) is 17.3. The molecule has 1 saturated heterocycles. The van der Waals surface area contributed by atoms with Gasteiger partial charge in [-0.2, -0.15) is 0 Å². The smallest absolute Gasteiger partial charge is 0.247 e. The lowest BCUT2D eigenvalue weighted by Crippen LogP contribution is -2.43. The molecule has 1 atom stereocenters. The van der Waals surface area contributed by atoms with Crippen LogP contribution in [0, 0.1) is 0 Å². The average molecular weight is 317 g/mol. The molecule has 0 bridgehead atoms. The Hall–Kier alpha value is -1.88. The summed E-state index contributed by atoms with van der Waals surface area (Å²) in [6.07, 6.45) is 2.98. The predicted octanol–water partition coefficient (Wildman–Crippen LogP) is 2.53. The number of anilines is 1. The molecule has 1 aromatic rings. The van der Waals surface area contributed by atoms with E-state index in [0.717, 1.165) is 43.6 Å². The maximum atomic E-state index is 12.5. The lowest BCUT2D eigenvalue weighted by atomic mass is 10.1. The molecule has 1 aliphatic rings. The number of nitrogens with one attached hydrogen (secondary N) is 2. The molecule has 5 heteroatoms. The molecule has 1 aliphatic heterocycles. The number of carbonyl (C=O) groups is 2. The van der Waals surface area contributed by atoms with Gasteiger partial charge in [-0.1, -0.05) is 26.0 Å². The fourth-order valence-electron chi connectivity index (χ4n) is 2.95. The highest BCUT2D eigenvalue weighted by Crippen LogP contribution is 2.21. The van der Waals surface area contributed by atoms with E-state index in [9.17, 15) is 9.59 Å². The maximum absolute atomic E-state index is 12.5. The quantitative estimate of drug-likeness (QED) is 0.812. The summed E-state index contributed by atoms with van der Waals surface area (Å²) in [4.78, 5) is 26.4. The monoisotopic (exact) mass is 317 g/mol. The highest BCUT2D eigenvalue weighted by Gasteiger charge is 2.33. The largest absolute Gasteiger partial charge is 0.331 e. The Balaban J connectivity index is 1.99. The number of hydrogen-bond donors (Lipinski definition) is 2. The number of hydrogen-bond acceptors (Lipinski definition) is 3. The highest BCUT2D eigenvalue weighted by atomic mass is 16.2. The minimum absolute atomic E-state index is 0.0763. The highest BCUT2D eigenvalue weighted by molar-refractivity contribution is 5.97. The first kappa shape index (κ1) is 17.5. The minimum Gasteiger partial charge on any atom is -0.331 e. The molecule has 1 heterocycles. The molecule has 0 saturated carbocycles. The van der Waals surface area contributed by atoms with Gasteiger partial charge in [0, 0.05) is 25.2 Å². The van der Waals surface area contributed by atoms with Gasteiger partial charge in [0.05, 0.1) is 0 Å². The lowest BCUT2D eigenvalue weighted by molar-refractivity contribution is -0.136. The van der Waals surface area contributed by atoms with E-state index in [4.69, 9.17) is 0 Å². The minimum atomic E-state index is -0.327. The van der Waals surface area contributed by atoms with Gasteiger partial charge < -0.3 is 15.5 Å². The van der Waals surface area contributed by atoms with Crippen LogP contribution in [0.15, 0.2) is 24.3 Å². The third-order valence-electron chi connectivity index (χ3n) is 4.11. The van der Waals surface area contributed by atoms with E-state index >= 15 is 0 Å². The fraction of sp³-hybridized carbons (Fsp3) is 0.556. The molecule has 2 amide bonds. The zero-order chi connectivity index (χ0) is 16.7. The topological polar surface area (TPSA) is 61.4 Å². The number of benzene rings is 1. The molecular formula is C18H27N3O2. The molecular weight excluding hydrogens is 290 g/mol. The van der Waals surface area contributed by atoms with Crippen LogP contribution < -0.4 is 10.6 Å². The van der Waals surface area contributed by atoms with Crippen LogP contribution in [0.4, 0.5) is 5.69 Å². The molecule has 1 unspecified atom stereocenters. The van der Waals surface area contributed by atoms with Gasteiger partial charge in [0.1, 0.15) is 6.04 Å². The Morgan fingerprint density at radius 3 is 2.87 bits per heavy atom. The summed E-state index contributed by atoms with van der Waals surface area (Å²) in [5, 5.41) is 6.24. The van der Waals surface area contributed by atoms with Crippen molar-refractivity contribution >= 4 is 17.5 Å². The number of nitrogens with zero attached hydrogens (tertiary/aromatic N) is 1. The first-order valence-corrected chi connectivity index (χ1v) is 8.55. The van der Waals surface area contributed by atoms with Crippen molar-refractivity contribution in [2.24, 2.45) is 0 Å². The van der Waals surface area contributed by atoms with Gasteiger partial charge >= 0.3 is 0 Å². The van der Waals surface area contributed by atoms with Gasteiger partial charge in [0.2, 0.25) is 11.8 Å². The zero-order valence-electron chi connectivity index (χ0n) is 14.1. The summed E-state index contributed by atoms with van der Waals surface area (Å²) in [5.41, 5.74) is 1.93. The van der Waals surface area contributed by atoms with Crippen molar-refractivity contribution in [1.29, 1.82) is 0 Å². The third kappa shape index (κ3) is 4.79. The average Bonchev–Trinajstić information content (AvgIpc) is 3.03. The van der Waals surface area contributed by atoms with Crippen molar-refractivity contribution in [3.63, 3.8) is 0 Å². The van der Waals surface area contributed by atoms with Crippen molar-refractivity contribution in [2.75, 3.05) is 18.4 Å². The van der Waals surface area contributed by atoms with Crippen molar-refractivity contribution in [3.8, 4) is 0 Å². The predicted molar refractivity (Wildman–Crippen MR) is 92.1 cm³/mol. The Kier molecular flexibility index (Phi) is 6.59. The van der Waals surface area contributed by atoms with Crippen LogP contribution in [-0.2, 0) is 16.1 Å². The summed E-state index contributed by atoms with van der Waals surface area (Å²) in [7, 11) is 0. The molecule has 23 heavy (non-hydrogen) atoms. The molecule has 0 aromatic heterocycles. The first-order valence-electron chi connectivity index (χ1n) is 8.55. The summed E-state index contributed by atoms with van der Waals surface area (Å²) >= 11 is 0. The second-order valence-corrected chi connectivity index (χ2v) is 5.97. The molecule has 5 nitrogen and oxygen atoms in total. The summed E-state index contributed by atoms with van der Waals surface area (Å²) in [6, 6.07) is 7.52. The lowest BCUT2D eigenvalue weighted by Gasteiger charge is -2.24. The molecule has 126 valence electrons. The molecule has 2 N–H and O–H groups in total. The van der Waals surface area contributed by atoms with Crippen LogP contribution >= 0.6 is 0 Å². The van der Waals surface area contributed by atoms with Crippen molar-refractivity contribution in [3.05, 3.63) is 29.8 Å². The van der Waals surface area contributed by atoms with Crippen LogP contribution in [0.1, 0.15) is 45.1 Å². The number of likely N-dealkylation sites (tertiary alicyclic amines) is 1. The molecule has 0 aliphatic carbocycles. The van der Waals surface area contributed by atoms with E-state index < -0.39 is 0 Å². The fourth-order valence-corrected chi connectivity index (χ4v) is 2.95. The van der Waals surface area contributed by atoms with E-state index in [0.29, 0.717) is 13.0 Å². The van der Waals surface area contributed by atoms with Crippen LogP contribution in [0.5, 0.6) is 0 Å². The Bertz CT molecular complexity index is 545. The molecule has 0 spiro atoms. The SMILES string of the molecule is CCCC(=O)N1CCCC1C(=O)Nc1cccc(CNCC)c1. The van der Waals surface area contributed by atoms with Crippen molar-refractivity contribution in [2.45, 2.75) is 52.1 Å². The number of rotatable bonds is 7. The van der Waals surface area contributed by atoms with Gasteiger partial charge in [-0.05, 0) is 43.5 Å². The first-order chi connectivity index (χ1) is 11.2.